The maximum Gasteiger partial charge on any atom is 0.314 e. The number of piperidine rings is 1. The van der Waals surface area contributed by atoms with Crippen molar-refractivity contribution in [1.29, 1.82) is 0 Å². The SMILES string of the molecule is Cl.NCC(NC(=O)C1CCCN(C(N)=O)C1)C1CCCCC1. The van der Waals surface area contributed by atoms with Gasteiger partial charge >= 0.3 is 6.03 Å². The van der Waals surface area contributed by atoms with E-state index in [1.165, 1.54) is 19.3 Å². The van der Waals surface area contributed by atoms with Crippen molar-refractivity contribution < 1.29 is 9.59 Å². The molecule has 0 aromatic carbocycles. The molecule has 128 valence electrons. The molecule has 2 aliphatic rings. The quantitative estimate of drug-likeness (QED) is 0.721. The van der Waals surface area contributed by atoms with Crippen LogP contribution >= 0.6 is 12.4 Å². The highest BCUT2D eigenvalue weighted by Crippen LogP contribution is 2.26. The predicted molar refractivity (Wildman–Crippen MR) is 88.7 cm³/mol. The number of amides is 3. The van der Waals surface area contributed by atoms with Crippen LogP contribution in [0.4, 0.5) is 4.79 Å². The molecule has 0 bridgehead atoms. The van der Waals surface area contributed by atoms with Crippen LogP contribution in [0.2, 0.25) is 0 Å². The van der Waals surface area contributed by atoms with E-state index in [4.69, 9.17) is 11.5 Å². The second kappa shape index (κ2) is 9.20. The minimum atomic E-state index is -0.435. The molecule has 1 aliphatic carbocycles. The summed E-state index contributed by atoms with van der Waals surface area (Å²) in [5.41, 5.74) is 11.2. The van der Waals surface area contributed by atoms with E-state index in [0.717, 1.165) is 25.7 Å². The maximum atomic E-state index is 12.4. The number of hydrogen-bond donors (Lipinski definition) is 3. The summed E-state index contributed by atoms with van der Waals surface area (Å²) in [6.07, 6.45) is 7.71. The van der Waals surface area contributed by atoms with Gasteiger partial charge in [-0.15, -0.1) is 12.4 Å². The molecule has 22 heavy (non-hydrogen) atoms. The molecule has 2 fully saturated rings. The average Bonchev–Trinajstić information content (AvgIpc) is 2.53. The molecule has 2 unspecified atom stereocenters. The van der Waals surface area contributed by atoms with Crippen LogP contribution in [-0.4, -0.2) is 42.5 Å². The highest BCUT2D eigenvalue weighted by atomic mass is 35.5. The van der Waals surface area contributed by atoms with E-state index >= 15 is 0 Å². The van der Waals surface area contributed by atoms with Gasteiger partial charge in [-0.05, 0) is 31.6 Å². The van der Waals surface area contributed by atoms with Gasteiger partial charge in [-0.2, -0.15) is 0 Å². The van der Waals surface area contributed by atoms with Gasteiger partial charge in [0.15, 0.2) is 0 Å². The van der Waals surface area contributed by atoms with Gasteiger partial charge < -0.3 is 21.7 Å². The van der Waals surface area contributed by atoms with Crippen LogP contribution in [0.25, 0.3) is 0 Å². The van der Waals surface area contributed by atoms with Crippen LogP contribution in [0.1, 0.15) is 44.9 Å². The topological polar surface area (TPSA) is 101 Å². The zero-order valence-corrected chi connectivity index (χ0v) is 13.9. The fourth-order valence-corrected chi connectivity index (χ4v) is 3.60. The molecular formula is C15H29ClN4O2. The fraction of sp³-hybridized carbons (Fsp3) is 0.867. The van der Waals surface area contributed by atoms with E-state index < -0.39 is 6.03 Å². The molecule has 1 aliphatic heterocycles. The van der Waals surface area contributed by atoms with Gasteiger partial charge in [0.25, 0.3) is 0 Å². The number of likely N-dealkylation sites (tertiary alicyclic amines) is 1. The first kappa shape index (κ1) is 19.0. The van der Waals surface area contributed by atoms with E-state index in [1.807, 2.05) is 0 Å². The Morgan fingerprint density at radius 3 is 2.41 bits per heavy atom. The van der Waals surface area contributed by atoms with E-state index in [9.17, 15) is 9.59 Å². The second-order valence-corrected chi connectivity index (χ2v) is 6.37. The predicted octanol–water partition coefficient (Wildman–Crippen LogP) is 1.22. The average molecular weight is 333 g/mol. The molecule has 0 aromatic rings. The fourth-order valence-electron chi connectivity index (χ4n) is 3.60. The van der Waals surface area contributed by atoms with Crippen LogP contribution in [0, 0.1) is 11.8 Å². The molecule has 5 N–H and O–H groups in total. The molecule has 6 nitrogen and oxygen atoms in total. The summed E-state index contributed by atoms with van der Waals surface area (Å²) in [5, 5.41) is 3.12. The number of urea groups is 1. The molecule has 1 saturated heterocycles. The number of hydrogen-bond acceptors (Lipinski definition) is 3. The van der Waals surface area contributed by atoms with Gasteiger partial charge in [-0.3, -0.25) is 4.79 Å². The van der Waals surface area contributed by atoms with Crippen LogP contribution in [-0.2, 0) is 4.79 Å². The van der Waals surface area contributed by atoms with Gasteiger partial charge in [-0.1, -0.05) is 19.3 Å². The van der Waals surface area contributed by atoms with Crippen molar-refractivity contribution >= 4 is 24.3 Å². The van der Waals surface area contributed by atoms with Crippen molar-refractivity contribution in [1.82, 2.24) is 10.2 Å². The van der Waals surface area contributed by atoms with Crippen molar-refractivity contribution in [3.8, 4) is 0 Å². The molecule has 2 rings (SSSR count). The Morgan fingerprint density at radius 2 is 1.82 bits per heavy atom. The van der Waals surface area contributed by atoms with Crippen molar-refractivity contribution in [2.24, 2.45) is 23.3 Å². The molecule has 0 radical (unpaired) electrons. The van der Waals surface area contributed by atoms with Crippen molar-refractivity contribution in [2.45, 2.75) is 51.0 Å². The molecule has 3 amide bonds. The van der Waals surface area contributed by atoms with Crippen molar-refractivity contribution in [3.05, 3.63) is 0 Å². The smallest absolute Gasteiger partial charge is 0.314 e. The Hall–Kier alpha value is -1.01. The summed E-state index contributed by atoms with van der Waals surface area (Å²) in [6, 6.07) is -0.364. The number of carbonyl (C=O) groups is 2. The maximum absolute atomic E-state index is 12.4. The third-order valence-corrected chi connectivity index (χ3v) is 4.90. The number of primary amides is 1. The number of nitrogens with zero attached hydrogens (tertiary/aromatic N) is 1. The summed E-state index contributed by atoms with van der Waals surface area (Å²) in [5.74, 6) is 0.384. The van der Waals surface area contributed by atoms with Gasteiger partial charge in [-0.25, -0.2) is 4.79 Å². The minimum absolute atomic E-state index is 0. The van der Waals surface area contributed by atoms with Crippen LogP contribution in [0.15, 0.2) is 0 Å². The molecule has 1 heterocycles. The van der Waals surface area contributed by atoms with Crippen LogP contribution in [0.3, 0.4) is 0 Å². The number of halogens is 1. The Labute approximate surface area is 138 Å². The minimum Gasteiger partial charge on any atom is -0.352 e. The summed E-state index contributed by atoms with van der Waals surface area (Å²) in [4.78, 5) is 25.2. The molecule has 1 saturated carbocycles. The highest BCUT2D eigenvalue weighted by molar-refractivity contribution is 5.85. The summed E-state index contributed by atoms with van der Waals surface area (Å²) in [7, 11) is 0. The summed E-state index contributed by atoms with van der Waals surface area (Å²) >= 11 is 0. The Kier molecular flexibility index (Phi) is 7.96. The molecule has 7 heteroatoms. The lowest BCUT2D eigenvalue weighted by atomic mass is 9.83. The lowest BCUT2D eigenvalue weighted by Crippen LogP contribution is -2.52. The third-order valence-electron chi connectivity index (χ3n) is 4.90. The van der Waals surface area contributed by atoms with Gasteiger partial charge in [0, 0.05) is 25.7 Å². The first-order valence-corrected chi connectivity index (χ1v) is 8.16. The Balaban J connectivity index is 0.00000242. The van der Waals surface area contributed by atoms with Crippen molar-refractivity contribution in [2.75, 3.05) is 19.6 Å². The monoisotopic (exact) mass is 332 g/mol. The van der Waals surface area contributed by atoms with Gasteiger partial charge in [0.05, 0.1) is 5.92 Å². The van der Waals surface area contributed by atoms with Gasteiger partial charge in [0.2, 0.25) is 5.91 Å². The highest BCUT2D eigenvalue weighted by Gasteiger charge is 2.30. The zero-order chi connectivity index (χ0) is 15.2. The first-order valence-electron chi connectivity index (χ1n) is 8.16. The normalized spacial score (nSPS) is 24.2. The molecule has 0 aromatic heterocycles. The summed E-state index contributed by atoms with van der Waals surface area (Å²) < 4.78 is 0. The number of nitrogens with one attached hydrogen (secondary N) is 1. The first-order chi connectivity index (χ1) is 10.1. The zero-order valence-electron chi connectivity index (χ0n) is 13.1. The Morgan fingerprint density at radius 1 is 1.14 bits per heavy atom. The second-order valence-electron chi connectivity index (χ2n) is 6.37. The third kappa shape index (κ3) is 5.02. The molecular weight excluding hydrogens is 304 g/mol. The van der Waals surface area contributed by atoms with E-state index in [2.05, 4.69) is 5.32 Å². The van der Waals surface area contributed by atoms with E-state index in [1.54, 1.807) is 4.90 Å². The van der Waals surface area contributed by atoms with Gasteiger partial charge in [0.1, 0.15) is 0 Å². The Bertz CT molecular complexity index is 375. The van der Waals surface area contributed by atoms with Crippen LogP contribution < -0.4 is 16.8 Å². The van der Waals surface area contributed by atoms with E-state index in [0.29, 0.717) is 25.6 Å². The molecule has 0 spiro atoms. The van der Waals surface area contributed by atoms with Crippen molar-refractivity contribution in [3.63, 3.8) is 0 Å². The molecule has 2 atom stereocenters. The largest absolute Gasteiger partial charge is 0.352 e. The standard InChI is InChI=1S/C15H28N4O2.ClH/c16-9-13(11-5-2-1-3-6-11)18-14(20)12-7-4-8-19(10-12)15(17)21;/h11-13H,1-10,16H2,(H2,17,21)(H,18,20);1H. The number of nitrogens with two attached hydrogens (primary N) is 2. The van der Waals surface area contributed by atoms with E-state index in [-0.39, 0.29) is 30.3 Å². The number of rotatable bonds is 4. The number of carbonyl (C=O) groups excluding carboxylic acids is 2. The van der Waals surface area contributed by atoms with Crippen LogP contribution in [0.5, 0.6) is 0 Å². The lowest BCUT2D eigenvalue weighted by Gasteiger charge is -2.34. The lowest BCUT2D eigenvalue weighted by molar-refractivity contribution is -0.127. The summed E-state index contributed by atoms with van der Waals surface area (Å²) in [6.45, 7) is 1.58.